The van der Waals surface area contributed by atoms with Crippen LogP contribution in [0.15, 0.2) is 0 Å². The maximum absolute atomic E-state index is 11.4. The van der Waals surface area contributed by atoms with Crippen LogP contribution in [0, 0.1) is 5.92 Å². The number of alkyl carbamates (subject to hydrolysis) is 1. The number of nitrogens with one attached hydrogen (secondary N) is 2. The van der Waals surface area contributed by atoms with E-state index in [1.165, 1.54) is 0 Å². The average Bonchev–Trinajstić information content (AvgIpc) is 2.48. The highest BCUT2D eigenvalue weighted by atomic mass is 16.6. The first-order valence-electron chi connectivity index (χ1n) is 5.23. The normalized spacial score (nSPS) is 26.4. The van der Waals surface area contributed by atoms with Gasteiger partial charge in [0, 0.05) is 25.6 Å². The van der Waals surface area contributed by atoms with Crippen LogP contribution in [0.1, 0.15) is 20.8 Å². The van der Waals surface area contributed by atoms with E-state index in [1.807, 2.05) is 20.8 Å². The first-order chi connectivity index (χ1) is 6.92. The van der Waals surface area contributed by atoms with Gasteiger partial charge in [0.05, 0.1) is 6.04 Å². The van der Waals surface area contributed by atoms with Gasteiger partial charge < -0.3 is 20.5 Å². The van der Waals surface area contributed by atoms with Crippen molar-refractivity contribution in [3.05, 3.63) is 0 Å². The van der Waals surface area contributed by atoms with Gasteiger partial charge in [-0.1, -0.05) is 0 Å². The van der Waals surface area contributed by atoms with Crippen LogP contribution in [-0.2, 0) is 4.74 Å². The summed E-state index contributed by atoms with van der Waals surface area (Å²) in [5, 5.41) is 14.9. The average molecular weight is 216 g/mol. The molecule has 0 spiro atoms. The Labute approximate surface area is 90.2 Å². The second-order valence-corrected chi connectivity index (χ2v) is 4.85. The maximum Gasteiger partial charge on any atom is 0.407 e. The van der Waals surface area contributed by atoms with Gasteiger partial charge in [0.2, 0.25) is 0 Å². The number of hydrogen-bond acceptors (Lipinski definition) is 4. The lowest BCUT2D eigenvalue weighted by Crippen LogP contribution is -2.43. The van der Waals surface area contributed by atoms with Gasteiger partial charge in [-0.3, -0.25) is 0 Å². The van der Waals surface area contributed by atoms with Gasteiger partial charge in [0.1, 0.15) is 5.60 Å². The third-order valence-electron chi connectivity index (χ3n) is 2.28. The number of aliphatic hydroxyl groups excluding tert-OH is 1. The van der Waals surface area contributed by atoms with Gasteiger partial charge in [-0.15, -0.1) is 0 Å². The number of carbonyl (C=O) groups is 1. The zero-order valence-electron chi connectivity index (χ0n) is 9.54. The van der Waals surface area contributed by atoms with Gasteiger partial charge in [-0.2, -0.15) is 0 Å². The Morgan fingerprint density at radius 2 is 2.20 bits per heavy atom. The van der Waals surface area contributed by atoms with Crippen LogP contribution < -0.4 is 10.6 Å². The molecule has 1 fully saturated rings. The number of rotatable bonds is 2. The van der Waals surface area contributed by atoms with Crippen molar-refractivity contribution in [2.75, 3.05) is 19.7 Å². The molecule has 15 heavy (non-hydrogen) atoms. The van der Waals surface area contributed by atoms with Gasteiger partial charge in [0.25, 0.3) is 0 Å². The van der Waals surface area contributed by atoms with E-state index in [9.17, 15) is 4.79 Å². The molecule has 1 rings (SSSR count). The van der Waals surface area contributed by atoms with Gasteiger partial charge in [-0.25, -0.2) is 4.79 Å². The molecule has 1 aliphatic rings. The topological polar surface area (TPSA) is 70.6 Å². The number of hydrogen-bond donors (Lipinski definition) is 3. The van der Waals surface area contributed by atoms with Crippen LogP contribution in [0.2, 0.25) is 0 Å². The zero-order valence-corrected chi connectivity index (χ0v) is 9.54. The van der Waals surface area contributed by atoms with Crippen molar-refractivity contribution in [2.24, 2.45) is 5.92 Å². The van der Waals surface area contributed by atoms with E-state index in [1.54, 1.807) is 0 Å². The standard InChI is InChI=1S/C10H20N2O3/c1-10(2,3)15-9(14)12-8-5-11-4-7(8)6-13/h7-8,11,13H,4-6H2,1-3H3,(H,12,14)/t7-,8-/m0/s1. The van der Waals surface area contributed by atoms with Crippen LogP contribution in [-0.4, -0.2) is 42.5 Å². The molecule has 1 heterocycles. The highest BCUT2D eigenvalue weighted by molar-refractivity contribution is 5.68. The molecule has 0 aromatic rings. The number of amides is 1. The van der Waals surface area contributed by atoms with Crippen LogP contribution in [0.5, 0.6) is 0 Å². The van der Waals surface area contributed by atoms with Gasteiger partial charge >= 0.3 is 6.09 Å². The second-order valence-electron chi connectivity index (χ2n) is 4.85. The van der Waals surface area contributed by atoms with Gasteiger partial charge in [-0.05, 0) is 20.8 Å². The molecule has 2 atom stereocenters. The Morgan fingerprint density at radius 3 is 2.73 bits per heavy atom. The maximum atomic E-state index is 11.4. The molecule has 0 aliphatic carbocycles. The SMILES string of the molecule is CC(C)(C)OC(=O)N[C@H]1CNC[C@H]1CO. The van der Waals surface area contributed by atoms with Crippen LogP contribution in [0.3, 0.4) is 0 Å². The summed E-state index contributed by atoms with van der Waals surface area (Å²) in [7, 11) is 0. The van der Waals surface area contributed by atoms with Crippen LogP contribution in [0.25, 0.3) is 0 Å². The lowest BCUT2D eigenvalue weighted by molar-refractivity contribution is 0.0488. The molecule has 0 saturated carbocycles. The monoisotopic (exact) mass is 216 g/mol. The second kappa shape index (κ2) is 4.81. The van der Waals surface area contributed by atoms with E-state index in [0.29, 0.717) is 6.54 Å². The summed E-state index contributed by atoms with van der Waals surface area (Å²) < 4.78 is 5.13. The summed E-state index contributed by atoms with van der Waals surface area (Å²) >= 11 is 0. The molecule has 0 aromatic heterocycles. The highest BCUT2D eigenvalue weighted by Crippen LogP contribution is 2.10. The Bertz CT molecular complexity index is 225. The van der Waals surface area contributed by atoms with Gasteiger partial charge in [0.15, 0.2) is 0 Å². The smallest absolute Gasteiger partial charge is 0.407 e. The minimum Gasteiger partial charge on any atom is -0.444 e. The summed E-state index contributed by atoms with van der Waals surface area (Å²) in [5.74, 6) is 0.0810. The number of aliphatic hydroxyl groups is 1. The fourth-order valence-corrected chi connectivity index (χ4v) is 1.55. The van der Waals surface area contributed by atoms with Crippen molar-refractivity contribution >= 4 is 6.09 Å². The summed E-state index contributed by atoms with van der Waals surface area (Å²) in [4.78, 5) is 11.4. The van der Waals surface area contributed by atoms with Crippen molar-refractivity contribution in [3.8, 4) is 0 Å². The molecule has 5 nitrogen and oxygen atoms in total. The molecule has 0 bridgehead atoms. The fraction of sp³-hybridized carbons (Fsp3) is 0.900. The van der Waals surface area contributed by atoms with E-state index in [2.05, 4.69) is 10.6 Å². The fourth-order valence-electron chi connectivity index (χ4n) is 1.55. The molecule has 1 saturated heterocycles. The van der Waals surface area contributed by atoms with E-state index >= 15 is 0 Å². The Morgan fingerprint density at radius 1 is 1.53 bits per heavy atom. The van der Waals surface area contributed by atoms with Crippen LogP contribution >= 0.6 is 0 Å². The molecule has 5 heteroatoms. The lowest BCUT2D eigenvalue weighted by atomic mass is 10.1. The summed E-state index contributed by atoms with van der Waals surface area (Å²) in [6.45, 7) is 6.96. The van der Waals surface area contributed by atoms with E-state index in [4.69, 9.17) is 9.84 Å². The molecule has 0 radical (unpaired) electrons. The first kappa shape index (κ1) is 12.3. The predicted molar refractivity (Wildman–Crippen MR) is 56.6 cm³/mol. The molecule has 0 unspecified atom stereocenters. The van der Waals surface area contributed by atoms with Crippen molar-refractivity contribution < 1.29 is 14.6 Å². The Hall–Kier alpha value is -0.810. The summed E-state index contributed by atoms with van der Waals surface area (Å²) in [5.41, 5.74) is -0.481. The first-order valence-corrected chi connectivity index (χ1v) is 5.23. The third kappa shape index (κ3) is 4.05. The summed E-state index contributed by atoms with van der Waals surface area (Å²) in [6, 6.07) is -0.0372. The Kier molecular flexibility index (Phi) is 3.93. The van der Waals surface area contributed by atoms with Crippen molar-refractivity contribution in [2.45, 2.75) is 32.4 Å². The molecule has 88 valence electrons. The number of ether oxygens (including phenoxy) is 1. The van der Waals surface area contributed by atoms with E-state index < -0.39 is 11.7 Å². The quantitative estimate of drug-likeness (QED) is 0.612. The largest absolute Gasteiger partial charge is 0.444 e. The van der Waals surface area contributed by atoms with Crippen molar-refractivity contribution in [3.63, 3.8) is 0 Å². The lowest BCUT2D eigenvalue weighted by Gasteiger charge is -2.23. The summed E-state index contributed by atoms with van der Waals surface area (Å²) in [6.07, 6.45) is -0.422. The van der Waals surface area contributed by atoms with Crippen molar-refractivity contribution in [1.29, 1.82) is 0 Å². The van der Waals surface area contributed by atoms with Crippen LogP contribution in [0.4, 0.5) is 4.79 Å². The van der Waals surface area contributed by atoms with E-state index in [0.717, 1.165) is 6.54 Å². The van der Waals surface area contributed by atoms with E-state index in [-0.39, 0.29) is 18.6 Å². The molecular weight excluding hydrogens is 196 g/mol. The molecular formula is C10H20N2O3. The Balaban J connectivity index is 2.37. The zero-order chi connectivity index (χ0) is 11.5. The molecule has 1 aliphatic heterocycles. The highest BCUT2D eigenvalue weighted by Gasteiger charge is 2.29. The third-order valence-corrected chi connectivity index (χ3v) is 2.28. The number of carbonyl (C=O) groups excluding carboxylic acids is 1. The predicted octanol–water partition coefficient (Wildman–Crippen LogP) is 0.0914. The minimum absolute atomic E-state index is 0.0372. The molecule has 1 amide bonds. The van der Waals surface area contributed by atoms with Crippen molar-refractivity contribution in [1.82, 2.24) is 10.6 Å². The molecule has 0 aromatic carbocycles. The minimum atomic E-state index is -0.481. The molecule has 3 N–H and O–H groups in total.